The number of nitrogens with one attached hydrogen (secondary N) is 3. The van der Waals surface area contributed by atoms with Crippen LogP contribution in [0.3, 0.4) is 0 Å². The Bertz CT molecular complexity index is 1680. The van der Waals surface area contributed by atoms with Crippen molar-refractivity contribution in [2.24, 2.45) is 0 Å². The number of aromatic nitrogens is 4. The van der Waals surface area contributed by atoms with Gasteiger partial charge in [0.1, 0.15) is 28.6 Å². The second kappa shape index (κ2) is 12.5. The molecular weight excluding hydrogens is 524 g/mol. The summed E-state index contributed by atoms with van der Waals surface area (Å²) in [7, 11) is 0. The number of ether oxygens (including phenoxy) is 1. The van der Waals surface area contributed by atoms with Crippen molar-refractivity contribution >= 4 is 16.9 Å². The average Bonchev–Trinajstić information content (AvgIpc) is 3.75. The van der Waals surface area contributed by atoms with E-state index in [1.807, 2.05) is 46.8 Å². The Hall–Kier alpha value is -4.53. The van der Waals surface area contributed by atoms with E-state index in [0.29, 0.717) is 30.5 Å². The third kappa shape index (κ3) is 7.02. The molecule has 0 unspecified atom stereocenters. The zero-order chi connectivity index (χ0) is 29.7. The molecule has 4 aromatic rings. The molecule has 8 nitrogen and oxygen atoms in total. The summed E-state index contributed by atoms with van der Waals surface area (Å²) in [5, 5.41) is 5.65. The van der Waals surface area contributed by atoms with Crippen LogP contribution in [0.25, 0.3) is 10.8 Å². The highest BCUT2D eigenvalue weighted by Gasteiger charge is 2.29. The number of H-pyrrole nitrogens is 2. The van der Waals surface area contributed by atoms with Crippen molar-refractivity contribution in [2.45, 2.75) is 71.6 Å². The van der Waals surface area contributed by atoms with Crippen molar-refractivity contribution in [1.29, 1.82) is 0 Å². The molecule has 1 aliphatic heterocycles. The molecule has 0 bridgehead atoms. The first kappa shape index (κ1) is 29.0. The van der Waals surface area contributed by atoms with Gasteiger partial charge in [-0.25, -0.2) is 14.8 Å². The molecule has 5 rings (SSSR count). The van der Waals surface area contributed by atoms with Crippen LogP contribution in [-0.4, -0.2) is 49.6 Å². The van der Waals surface area contributed by atoms with Gasteiger partial charge in [0.25, 0.3) is 0 Å². The van der Waals surface area contributed by atoms with Gasteiger partial charge in [-0.05, 0) is 100 Å². The lowest BCUT2D eigenvalue weighted by Gasteiger charge is -2.31. The maximum Gasteiger partial charge on any atom is 0.410 e. The lowest BCUT2D eigenvalue weighted by atomic mass is 10.0. The van der Waals surface area contributed by atoms with Crippen LogP contribution < -0.4 is 5.32 Å². The maximum absolute atomic E-state index is 12.8. The Morgan fingerprint density at radius 3 is 2.19 bits per heavy atom. The molecule has 1 aliphatic rings. The van der Waals surface area contributed by atoms with Crippen LogP contribution in [0, 0.1) is 23.7 Å². The van der Waals surface area contributed by atoms with Gasteiger partial charge in [-0.15, -0.1) is 0 Å². The molecule has 2 atom stereocenters. The van der Waals surface area contributed by atoms with Gasteiger partial charge in [0, 0.05) is 17.7 Å². The van der Waals surface area contributed by atoms with Gasteiger partial charge in [-0.1, -0.05) is 30.9 Å². The summed E-state index contributed by atoms with van der Waals surface area (Å²) in [6.45, 7) is 11.1. The lowest BCUT2D eigenvalue weighted by molar-refractivity contribution is 0.0158. The monoisotopic (exact) mass is 562 g/mol. The number of hydrogen-bond donors (Lipinski definition) is 3. The highest BCUT2D eigenvalue weighted by atomic mass is 16.6. The number of rotatable bonds is 5. The van der Waals surface area contributed by atoms with E-state index in [2.05, 4.69) is 73.2 Å². The van der Waals surface area contributed by atoms with Crippen molar-refractivity contribution < 1.29 is 9.53 Å². The predicted octanol–water partition coefficient (Wildman–Crippen LogP) is 6.22. The molecule has 1 amide bonds. The maximum atomic E-state index is 12.8. The number of benzene rings is 2. The third-order valence-corrected chi connectivity index (χ3v) is 7.15. The van der Waals surface area contributed by atoms with Gasteiger partial charge in [0.2, 0.25) is 0 Å². The fraction of sp³-hybridized carbons (Fsp3) is 0.382. The molecule has 3 N–H and O–H groups in total. The Kier molecular flexibility index (Phi) is 8.66. The van der Waals surface area contributed by atoms with Crippen LogP contribution >= 0.6 is 0 Å². The Morgan fingerprint density at radius 1 is 0.976 bits per heavy atom. The molecule has 0 saturated carbocycles. The Balaban J connectivity index is 1.27. The summed E-state index contributed by atoms with van der Waals surface area (Å²) in [4.78, 5) is 30.1. The van der Waals surface area contributed by atoms with Crippen LogP contribution in [0.2, 0.25) is 0 Å². The van der Waals surface area contributed by atoms with E-state index in [1.54, 1.807) is 17.3 Å². The van der Waals surface area contributed by atoms with Crippen LogP contribution in [0.4, 0.5) is 4.79 Å². The summed E-state index contributed by atoms with van der Waals surface area (Å²) in [5.74, 6) is 14.5. The zero-order valence-corrected chi connectivity index (χ0v) is 25.0. The van der Waals surface area contributed by atoms with E-state index in [0.717, 1.165) is 46.4 Å². The minimum absolute atomic E-state index is 0.224. The average molecular weight is 563 g/mol. The first-order valence-corrected chi connectivity index (χ1v) is 14.6. The number of fused-ring (bicyclic) bond motifs is 1. The van der Waals surface area contributed by atoms with Gasteiger partial charge >= 0.3 is 6.09 Å². The number of imidazole rings is 2. The summed E-state index contributed by atoms with van der Waals surface area (Å²) < 4.78 is 5.61. The summed E-state index contributed by atoms with van der Waals surface area (Å²) in [5.41, 5.74) is 2.80. The lowest BCUT2D eigenvalue weighted by Crippen LogP contribution is -2.39. The normalized spacial score (nSPS) is 15.4. The van der Waals surface area contributed by atoms with E-state index in [1.165, 1.54) is 6.42 Å². The quantitative estimate of drug-likeness (QED) is 0.251. The minimum Gasteiger partial charge on any atom is -0.444 e. The highest BCUT2D eigenvalue weighted by Crippen LogP contribution is 2.24. The van der Waals surface area contributed by atoms with Gasteiger partial charge in [0.05, 0.1) is 24.5 Å². The van der Waals surface area contributed by atoms with Crippen molar-refractivity contribution in [2.75, 3.05) is 13.1 Å². The number of hydrogen-bond acceptors (Lipinski definition) is 5. The molecule has 3 heterocycles. The van der Waals surface area contributed by atoms with E-state index in [-0.39, 0.29) is 12.1 Å². The first-order chi connectivity index (χ1) is 20.2. The molecule has 1 saturated heterocycles. The number of carbonyl (C=O) groups is 1. The van der Waals surface area contributed by atoms with Gasteiger partial charge in [-0.2, -0.15) is 0 Å². The Morgan fingerprint density at radius 2 is 1.62 bits per heavy atom. The van der Waals surface area contributed by atoms with Crippen molar-refractivity contribution in [3.8, 4) is 23.7 Å². The summed E-state index contributed by atoms with van der Waals surface area (Å²) in [6.07, 6.45) is 6.15. The van der Waals surface area contributed by atoms with Crippen LogP contribution in [0.15, 0.2) is 48.8 Å². The third-order valence-electron chi connectivity index (χ3n) is 7.15. The fourth-order valence-electron chi connectivity index (χ4n) is 5.10. The van der Waals surface area contributed by atoms with Gasteiger partial charge < -0.3 is 20.0 Å². The second-order valence-corrected chi connectivity index (χ2v) is 11.5. The molecular formula is C34H38N6O2. The zero-order valence-electron chi connectivity index (χ0n) is 25.0. The standard InChI is InChI=1S/C34H38N6O2/c1-6-30(40(7-2)33(41)42-34(3,4)5)32-37-22-28(39-32)17-13-24-11-15-25-19-23(10-14-26(25)20-24)12-16-27-21-36-31(38-27)29-9-8-18-35-29/h10-11,14-15,19-22,29-30,35H,6-9,18H2,1-5H3,(H,36,38)(H,37,39)/t29-,30-/m0/s1. The topological polar surface area (TPSA) is 98.9 Å². The highest BCUT2D eigenvalue weighted by molar-refractivity contribution is 5.85. The number of nitrogens with zero attached hydrogens (tertiary/aromatic N) is 3. The number of carbonyl (C=O) groups excluding carboxylic acids is 1. The van der Waals surface area contributed by atoms with E-state index >= 15 is 0 Å². The van der Waals surface area contributed by atoms with E-state index in [9.17, 15) is 4.79 Å². The number of aromatic amines is 2. The summed E-state index contributed by atoms with van der Waals surface area (Å²) >= 11 is 0. The molecule has 2 aromatic heterocycles. The molecule has 0 radical (unpaired) electrons. The number of amides is 1. The van der Waals surface area contributed by atoms with Crippen LogP contribution in [0.1, 0.15) is 100 Å². The molecule has 1 fully saturated rings. The van der Waals surface area contributed by atoms with Crippen LogP contribution in [0.5, 0.6) is 0 Å². The predicted molar refractivity (Wildman–Crippen MR) is 165 cm³/mol. The molecule has 42 heavy (non-hydrogen) atoms. The van der Waals surface area contributed by atoms with Gasteiger partial charge in [-0.3, -0.25) is 4.90 Å². The SMILES string of the molecule is CC[C@@H](c1ncc(C#Cc2ccc3cc(C#Cc4cnc([C@@H]5CCCN5)[nH]4)ccc3c2)[nH]1)N(CC)C(=O)OC(C)(C)C. The van der Waals surface area contributed by atoms with E-state index < -0.39 is 5.60 Å². The van der Waals surface area contributed by atoms with E-state index in [4.69, 9.17) is 4.74 Å². The van der Waals surface area contributed by atoms with Crippen molar-refractivity contribution in [3.63, 3.8) is 0 Å². The Labute approximate surface area is 247 Å². The largest absolute Gasteiger partial charge is 0.444 e. The van der Waals surface area contributed by atoms with Crippen LogP contribution in [-0.2, 0) is 4.74 Å². The second-order valence-electron chi connectivity index (χ2n) is 11.5. The van der Waals surface area contributed by atoms with Gasteiger partial charge in [0.15, 0.2) is 0 Å². The molecule has 0 aliphatic carbocycles. The van der Waals surface area contributed by atoms with Crippen molar-refractivity contribution in [1.82, 2.24) is 30.2 Å². The molecule has 8 heteroatoms. The summed E-state index contributed by atoms with van der Waals surface area (Å²) in [6, 6.07) is 12.4. The fourth-order valence-corrected chi connectivity index (χ4v) is 5.10. The smallest absolute Gasteiger partial charge is 0.410 e. The first-order valence-electron chi connectivity index (χ1n) is 14.6. The molecule has 2 aromatic carbocycles. The van der Waals surface area contributed by atoms with Crippen molar-refractivity contribution in [3.05, 3.63) is 83.0 Å². The minimum atomic E-state index is -0.561. The molecule has 0 spiro atoms. The molecule has 216 valence electrons.